The molecule has 1 amide bonds. The van der Waals surface area contributed by atoms with Gasteiger partial charge in [0.2, 0.25) is 5.91 Å². The van der Waals surface area contributed by atoms with E-state index in [2.05, 4.69) is 12.6 Å². The highest BCUT2D eigenvalue weighted by molar-refractivity contribution is 5.95. The number of anilines is 1. The van der Waals surface area contributed by atoms with Crippen LogP contribution in [0.5, 0.6) is 0 Å². The summed E-state index contributed by atoms with van der Waals surface area (Å²) in [5, 5.41) is 19.4. The summed E-state index contributed by atoms with van der Waals surface area (Å²) in [4.78, 5) is 26.3. The lowest BCUT2D eigenvalue weighted by molar-refractivity contribution is -0.142. The maximum atomic E-state index is 13.4. The number of fused-ring (bicyclic) bond motifs is 1. The van der Waals surface area contributed by atoms with Crippen LogP contribution >= 0.6 is 0 Å². The number of hydrogen-bond donors (Lipinski definition) is 3. The maximum Gasteiger partial charge on any atom is 0.306 e. The molecule has 2 rings (SSSR count). The maximum absolute atomic E-state index is 13.4. The van der Waals surface area contributed by atoms with Crippen LogP contribution in [0.15, 0.2) is 36.9 Å². The van der Waals surface area contributed by atoms with Gasteiger partial charge >= 0.3 is 5.97 Å². The monoisotopic (exact) mass is 446 g/mol. The normalized spacial score (nSPS) is 19.0. The average molecular weight is 447 g/mol. The number of hydrogen-bond acceptors (Lipinski definition) is 5. The molecule has 0 fully saturated rings. The summed E-state index contributed by atoms with van der Waals surface area (Å²) in [5.74, 6) is -1.41. The fraction of sp³-hybridized carbons (Fsp3) is 0.600. The second-order valence-corrected chi connectivity index (χ2v) is 9.78. The topological polar surface area (TPSA) is 113 Å². The number of rotatable bonds is 12. The number of carbonyl (C=O) groups is 2. The van der Waals surface area contributed by atoms with Gasteiger partial charge in [-0.3, -0.25) is 9.59 Å². The van der Waals surface area contributed by atoms with E-state index in [1.165, 1.54) is 0 Å². The van der Waals surface area contributed by atoms with Crippen LogP contribution < -0.4 is 10.6 Å². The first-order chi connectivity index (χ1) is 15.0. The Morgan fingerprint density at radius 1 is 1.38 bits per heavy atom. The van der Waals surface area contributed by atoms with Crippen LogP contribution in [0.2, 0.25) is 0 Å². The van der Waals surface area contributed by atoms with E-state index in [1.807, 2.05) is 36.9 Å². The number of benzene rings is 1. The number of carboxylic acids is 1. The van der Waals surface area contributed by atoms with Gasteiger partial charge in [0.05, 0.1) is 25.2 Å². The van der Waals surface area contributed by atoms with Gasteiger partial charge in [-0.05, 0) is 36.3 Å². The molecule has 7 nitrogen and oxygen atoms in total. The van der Waals surface area contributed by atoms with Crippen LogP contribution in [0.4, 0.5) is 5.69 Å². The van der Waals surface area contributed by atoms with Gasteiger partial charge in [0.25, 0.3) is 0 Å². The lowest BCUT2D eigenvalue weighted by atomic mass is 9.79. The Hall–Kier alpha value is -2.22. The molecule has 4 N–H and O–H groups in total. The molecule has 0 radical (unpaired) electrons. The van der Waals surface area contributed by atoms with Crippen LogP contribution in [-0.2, 0) is 20.7 Å². The molecule has 7 heteroatoms. The van der Waals surface area contributed by atoms with Gasteiger partial charge in [-0.1, -0.05) is 45.0 Å². The highest BCUT2D eigenvalue weighted by Gasteiger charge is 2.34. The van der Waals surface area contributed by atoms with E-state index < -0.39 is 29.4 Å². The molecular formula is C25H38N2O5. The lowest BCUT2D eigenvalue weighted by Crippen LogP contribution is -2.45. The third kappa shape index (κ3) is 7.43. The first-order valence-electron chi connectivity index (χ1n) is 11.3. The predicted octanol–water partition coefficient (Wildman–Crippen LogP) is 3.00. The number of amides is 1. The van der Waals surface area contributed by atoms with Crippen molar-refractivity contribution in [2.75, 3.05) is 24.7 Å². The average Bonchev–Trinajstić information content (AvgIpc) is 2.72. The quantitative estimate of drug-likeness (QED) is 0.336. The molecule has 1 aromatic rings. The molecule has 1 heterocycles. The summed E-state index contributed by atoms with van der Waals surface area (Å²) in [5.41, 5.74) is 7.80. The van der Waals surface area contributed by atoms with E-state index in [0.29, 0.717) is 26.2 Å². The Morgan fingerprint density at radius 3 is 2.72 bits per heavy atom. The van der Waals surface area contributed by atoms with Gasteiger partial charge in [-0.25, -0.2) is 0 Å². The third-order valence-corrected chi connectivity index (χ3v) is 6.05. The second-order valence-electron chi connectivity index (χ2n) is 9.78. The molecule has 1 aromatic carbocycles. The van der Waals surface area contributed by atoms with Crippen molar-refractivity contribution in [1.82, 2.24) is 0 Å². The fourth-order valence-corrected chi connectivity index (χ4v) is 4.33. The lowest BCUT2D eigenvalue weighted by Gasteiger charge is -2.37. The van der Waals surface area contributed by atoms with Gasteiger partial charge in [0, 0.05) is 30.6 Å². The SMILES string of the molecule is C=CCOC[C@@H]1Cc2ccccc2N(C(=O)CC(C)(C)C[C@H](N)[C@@H](O)C[C@@H](C)C(=O)O)C1. The van der Waals surface area contributed by atoms with Crippen molar-refractivity contribution < 1.29 is 24.5 Å². The number of aliphatic carboxylic acids is 1. The molecule has 0 aromatic heterocycles. The summed E-state index contributed by atoms with van der Waals surface area (Å²) in [6, 6.07) is 7.35. The van der Waals surface area contributed by atoms with Gasteiger partial charge < -0.3 is 25.6 Å². The number of para-hydroxylation sites is 1. The zero-order valence-electron chi connectivity index (χ0n) is 19.5. The summed E-state index contributed by atoms with van der Waals surface area (Å²) in [7, 11) is 0. The van der Waals surface area contributed by atoms with E-state index in [4.69, 9.17) is 15.6 Å². The Labute approximate surface area is 191 Å². The van der Waals surface area contributed by atoms with Crippen molar-refractivity contribution in [2.45, 2.75) is 58.6 Å². The highest BCUT2D eigenvalue weighted by atomic mass is 16.5. The minimum atomic E-state index is -0.957. The van der Waals surface area contributed by atoms with Gasteiger partial charge in [-0.2, -0.15) is 0 Å². The fourth-order valence-electron chi connectivity index (χ4n) is 4.33. The Bertz CT molecular complexity index is 794. The number of nitrogens with zero attached hydrogens (tertiary/aromatic N) is 1. The van der Waals surface area contributed by atoms with Crippen molar-refractivity contribution in [2.24, 2.45) is 23.0 Å². The molecular weight excluding hydrogens is 408 g/mol. The number of carboxylic acid groups (broad SMARTS) is 1. The van der Waals surface area contributed by atoms with Crippen molar-refractivity contribution in [3.63, 3.8) is 0 Å². The van der Waals surface area contributed by atoms with E-state index in [-0.39, 0.29) is 24.7 Å². The molecule has 32 heavy (non-hydrogen) atoms. The Kier molecular flexibility index (Phi) is 9.43. The van der Waals surface area contributed by atoms with Gasteiger partial charge in [0.1, 0.15) is 0 Å². The van der Waals surface area contributed by atoms with Crippen molar-refractivity contribution in [3.8, 4) is 0 Å². The second kappa shape index (κ2) is 11.6. The van der Waals surface area contributed by atoms with Crippen LogP contribution in [-0.4, -0.2) is 54.0 Å². The summed E-state index contributed by atoms with van der Waals surface area (Å²) < 4.78 is 5.65. The first kappa shape index (κ1) is 26.0. The number of carbonyl (C=O) groups excluding carboxylic acids is 1. The number of ether oxygens (including phenoxy) is 1. The molecule has 0 unspecified atom stereocenters. The summed E-state index contributed by atoms with van der Waals surface area (Å²) in [6.45, 7) is 10.8. The van der Waals surface area contributed by atoms with Crippen molar-refractivity contribution >= 4 is 17.6 Å². The highest BCUT2D eigenvalue weighted by Crippen LogP contribution is 2.34. The van der Waals surface area contributed by atoms with E-state index in [0.717, 1.165) is 17.7 Å². The first-order valence-corrected chi connectivity index (χ1v) is 11.3. The van der Waals surface area contributed by atoms with Gasteiger partial charge in [-0.15, -0.1) is 6.58 Å². The number of aliphatic hydroxyl groups excluding tert-OH is 1. The van der Waals surface area contributed by atoms with Crippen molar-refractivity contribution in [3.05, 3.63) is 42.5 Å². The third-order valence-electron chi connectivity index (χ3n) is 6.05. The standard InChI is InChI=1S/C25H38N2O5/c1-5-10-32-16-18-12-19-8-6-7-9-21(19)27(15-18)23(29)14-25(3,4)13-20(26)22(28)11-17(2)24(30)31/h5-9,17-18,20,22,28H,1,10-16,26H2,2-4H3,(H,30,31)/t17-,18-,20+,22+/m1/s1. The molecule has 1 aliphatic heterocycles. The summed E-state index contributed by atoms with van der Waals surface area (Å²) >= 11 is 0. The van der Waals surface area contributed by atoms with Crippen LogP contribution in [0.1, 0.15) is 45.6 Å². The van der Waals surface area contributed by atoms with Gasteiger partial charge in [0.15, 0.2) is 0 Å². The van der Waals surface area contributed by atoms with Crippen LogP contribution in [0, 0.1) is 17.3 Å². The molecule has 178 valence electrons. The molecule has 0 bridgehead atoms. The Morgan fingerprint density at radius 2 is 2.06 bits per heavy atom. The smallest absolute Gasteiger partial charge is 0.306 e. The molecule has 0 saturated carbocycles. The molecule has 0 spiro atoms. The minimum absolute atomic E-state index is 0.0106. The molecule has 1 aliphatic rings. The largest absolute Gasteiger partial charge is 0.481 e. The minimum Gasteiger partial charge on any atom is -0.481 e. The predicted molar refractivity (Wildman–Crippen MR) is 125 cm³/mol. The number of nitrogens with two attached hydrogens (primary N) is 1. The summed E-state index contributed by atoms with van der Waals surface area (Å²) in [6.07, 6.45) is 2.42. The zero-order valence-corrected chi connectivity index (χ0v) is 19.5. The van der Waals surface area contributed by atoms with Crippen molar-refractivity contribution in [1.29, 1.82) is 0 Å². The van der Waals surface area contributed by atoms with Crippen LogP contribution in [0.25, 0.3) is 0 Å². The zero-order chi connectivity index (χ0) is 23.9. The molecule has 0 aliphatic carbocycles. The van der Waals surface area contributed by atoms with Crippen LogP contribution in [0.3, 0.4) is 0 Å². The number of aliphatic hydroxyl groups is 1. The molecule has 0 saturated heterocycles. The van der Waals surface area contributed by atoms with E-state index >= 15 is 0 Å². The van der Waals surface area contributed by atoms with E-state index in [9.17, 15) is 14.7 Å². The van der Waals surface area contributed by atoms with E-state index in [1.54, 1.807) is 13.0 Å². The Balaban J connectivity index is 2.05. The molecule has 4 atom stereocenters.